The van der Waals surface area contributed by atoms with Crippen LogP contribution in [-0.4, -0.2) is 32.9 Å². The first-order chi connectivity index (χ1) is 8.09. The summed E-state index contributed by atoms with van der Waals surface area (Å²) in [5, 5.41) is 17.0. The predicted molar refractivity (Wildman–Crippen MR) is 63.6 cm³/mol. The molecule has 1 saturated carbocycles. The molecule has 1 aliphatic rings. The molecule has 0 aliphatic heterocycles. The Morgan fingerprint density at radius 1 is 1.53 bits per heavy atom. The summed E-state index contributed by atoms with van der Waals surface area (Å²) in [6, 6.07) is 1.67. The number of hydrogen-bond donors (Lipinski definition) is 2. The summed E-state index contributed by atoms with van der Waals surface area (Å²) < 4.78 is 1.59. The van der Waals surface area contributed by atoms with Gasteiger partial charge >= 0.3 is 0 Å². The Balaban J connectivity index is 1.87. The Labute approximate surface area is 101 Å². The minimum Gasteiger partial charge on any atom is -0.388 e. The second-order valence-electron chi connectivity index (χ2n) is 4.84. The fraction of sp³-hybridized carbons (Fsp3) is 0.667. The first kappa shape index (κ1) is 12.1. The number of carbonyl (C=O) groups excluding carboxylic acids is 1. The van der Waals surface area contributed by atoms with Crippen LogP contribution in [-0.2, 0) is 7.05 Å². The van der Waals surface area contributed by atoms with Crippen molar-refractivity contribution in [3.63, 3.8) is 0 Å². The zero-order chi connectivity index (χ0) is 12.3. The quantitative estimate of drug-likeness (QED) is 0.818. The zero-order valence-electron chi connectivity index (χ0n) is 10.1. The molecule has 0 saturated heterocycles. The lowest BCUT2D eigenvalue weighted by atomic mass is 9.85. The van der Waals surface area contributed by atoms with Crippen molar-refractivity contribution in [1.82, 2.24) is 15.1 Å². The van der Waals surface area contributed by atoms with Crippen LogP contribution in [0, 0.1) is 0 Å². The minimum absolute atomic E-state index is 0.218. The van der Waals surface area contributed by atoms with Crippen LogP contribution in [0.1, 0.15) is 42.6 Å². The Hall–Kier alpha value is -1.36. The minimum atomic E-state index is -0.720. The van der Waals surface area contributed by atoms with Crippen LogP contribution in [0.3, 0.4) is 0 Å². The van der Waals surface area contributed by atoms with Crippen molar-refractivity contribution in [3.8, 4) is 0 Å². The summed E-state index contributed by atoms with van der Waals surface area (Å²) in [6.45, 7) is 0.322. The van der Waals surface area contributed by atoms with E-state index in [2.05, 4.69) is 10.4 Å². The van der Waals surface area contributed by atoms with Crippen LogP contribution >= 0.6 is 0 Å². The van der Waals surface area contributed by atoms with Crippen molar-refractivity contribution in [2.75, 3.05) is 6.54 Å². The molecule has 0 spiro atoms. The number of amides is 1. The van der Waals surface area contributed by atoms with Gasteiger partial charge in [0, 0.05) is 19.8 Å². The van der Waals surface area contributed by atoms with Crippen LogP contribution in [0.25, 0.3) is 0 Å². The standard InChI is InChI=1S/C12H19N3O2/c1-15-8-5-10(14-15)11(16)13-9-12(17)6-3-2-4-7-12/h5,8,17H,2-4,6-7,9H2,1H3,(H,13,16). The summed E-state index contributed by atoms with van der Waals surface area (Å²) in [5.74, 6) is -0.218. The van der Waals surface area contributed by atoms with Gasteiger partial charge in [-0.1, -0.05) is 19.3 Å². The fourth-order valence-corrected chi connectivity index (χ4v) is 2.26. The van der Waals surface area contributed by atoms with Gasteiger partial charge in [-0.15, -0.1) is 0 Å². The summed E-state index contributed by atoms with van der Waals surface area (Å²) in [5.41, 5.74) is -0.324. The van der Waals surface area contributed by atoms with Crippen molar-refractivity contribution < 1.29 is 9.90 Å². The monoisotopic (exact) mass is 237 g/mol. The summed E-state index contributed by atoms with van der Waals surface area (Å²) in [4.78, 5) is 11.7. The van der Waals surface area contributed by atoms with Crippen LogP contribution < -0.4 is 5.32 Å². The Kier molecular flexibility index (Phi) is 3.47. The van der Waals surface area contributed by atoms with Gasteiger partial charge in [-0.3, -0.25) is 9.48 Å². The van der Waals surface area contributed by atoms with Crippen LogP contribution in [0.2, 0.25) is 0 Å². The maximum atomic E-state index is 11.7. The van der Waals surface area contributed by atoms with Gasteiger partial charge in [-0.05, 0) is 18.9 Å². The number of aliphatic hydroxyl groups is 1. The molecule has 1 aliphatic carbocycles. The largest absolute Gasteiger partial charge is 0.388 e. The highest BCUT2D eigenvalue weighted by molar-refractivity contribution is 5.92. The van der Waals surface area contributed by atoms with E-state index < -0.39 is 5.60 Å². The highest BCUT2D eigenvalue weighted by atomic mass is 16.3. The lowest BCUT2D eigenvalue weighted by Crippen LogP contribution is -2.44. The van der Waals surface area contributed by atoms with Gasteiger partial charge in [-0.25, -0.2) is 0 Å². The maximum Gasteiger partial charge on any atom is 0.271 e. The van der Waals surface area contributed by atoms with Gasteiger partial charge in [0.15, 0.2) is 0 Å². The average Bonchev–Trinajstić information content (AvgIpc) is 2.74. The number of nitrogens with one attached hydrogen (secondary N) is 1. The number of hydrogen-bond acceptors (Lipinski definition) is 3. The lowest BCUT2D eigenvalue weighted by molar-refractivity contribution is 0.00521. The van der Waals surface area contributed by atoms with Crippen molar-refractivity contribution in [2.45, 2.75) is 37.7 Å². The number of carbonyl (C=O) groups is 1. The summed E-state index contributed by atoms with van der Waals surface area (Å²) >= 11 is 0. The third kappa shape index (κ3) is 3.06. The second kappa shape index (κ2) is 4.87. The van der Waals surface area contributed by atoms with Gasteiger partial charge in [0.25, 0.3) is 5.91 Å². The van der Waals surface area contributed by atoms with Crippen molar-refractivity contribution in [2.24, 2.45) is 7.05 Å². The third-order valence-corrected chi connectivity index (χ3v) is 3.31. The van der Waals surface area contributed by atoms with E-state index >= 15 is 0 Å². The molecule has 5 heteroatoms. The molecule has 1 heterocycles. The highest BCUT2D eigenvalue weighted by Gasteiger charge is 2.29. The predicted octanol–water partition coefficient (Wildman–Crippen LogP) is 0.845. The van der Waals surface area contributed by atoms with Crippen molar-refractivity contribution in [3.05, 3.63) is 18.0 Å². The number of aryl methyl sites for hydroxylation is 1. The van der Waals surface area contributed by atoms with Crippen LogP contribution in [0.5, 0.6) is 0 Å². The molecule has 1 amide bonds. The molecule has 0 unspecified atom stereocenters. The molecule has 0 aromatic carbocycles. The van der Waals surface area contributed by atoms with Crippen LogP contribution in [0.4, 0.5) is 0 Å². The van der Waals surface area contributed by atoms with E-state index in [1.807, 2.05) is 0 Å². The van der Waals surface area contributed by atoms with E-state index in [-0.39, 0.29) is 5.91 Å². The first-order valence-corrected chi connectivity index (χ1v) is 6.09. The van der Waals surface area contributed by atoms with E-state index in [9.17, 15) is 9.90 Å². The molecule has 2 N–H and O–H groups in total. The van der Waals surface area contributed by atoms with Gasteiger partial charge < -0.3 is 10.4 Å². The lowest BCUT2D eigenvalue weighted by Gasteiger charge is -2.31. The number of nitrogens with zero attached hydrogens (tertiary/aromatic N) is 2. The van der Waals surface area contributed by atoms with Crippen molar-refractivity contribution in [1.29, 1.82) is 0 Å². The second-order valence-corrected chi connectivity index (χ2v) is 4.84. The van der Waals surface area contributed by atoms with E-state index in [4.69, 9.17) is 0 Å². The van der Waals surface area contributed by atoms with Gasteiger partial charge in [0.2, 0.25) is 0 Å². The first-order valence-electron chi connectivity index (χ1n) is 6.09. The molecule has 2 rings (SSSR count). The summed E-state index contributed by atoms with van der Waals surface area (Å²) in [7, 11) is 1.77. The molecule has 0 radical (unpaired) electrons. The van der Waals surface area contributed by atoms with Gasteiger partial charge in [0.05, 0.1) is 5.60 Å². The molecule has 94 valence electrons. The normalized spacial score (nSPS) is 18.9. The SMILES string of the molecule is Cn1ccc(C(=O)NCC2(O)CCCCC2)n1. The average molecular weight is 237 g/mol. The molecular formula is C12H19N3O2. The molecule has 0 atom stereocenters. The Bertz CT molecular complexity index is 394. The number of rotatable bonds is 3. The topological polar surface area (TPSA) is 67.2 Å². The van der Waals surface area contributed by atoms with Gasteiger partial charge in [-0.2, -0.15) is 5.10 Å². The molecule has 1 aromatic rings. The molecule has 0 bridgehead atoms. The van der Waals surface area contributed by atoms with E-state index in [0.717, 1.165) is 25.7 Å². The van der Waals surface area contributed by atoms with E-state index in [0.29, 0.717) is 12.2 Å². The molecule has 17 heavy (non-hydrogen) atoms. The van der Waals surface area contributed by atoms with Crippen LogP contribution in [0.15, 0.2) is 12.3 Å². The highest BCUT2D eigenvalue weighted by Crippen LogP contribution is 2.27. The maximum absolute atomic E-state index is 11.7. The van der Waals surface area contributed by atoms with E-state index in [1.165, 1.54) is 6.42 Å². The Morgan fingerprint density at radius 3 is 2.82 bits per heavy atom. The van der Waals surface area contributed by atoms with E-state index in [1.54, 1.807) is 24.0 Å². The van der Waals surface area contributed by atoms with Crippen molar-refractivity contribution >= 4 is 5.91 Å². The molecule has 1 aromatic heterocycles. The fourth-order valence-electron chi connectivity index (χ4n) is 2.26. The van der Waals surface area contributed by atoms with Gasteiger partial charge in [0.1, 0.15) is 5.69 Å². The zero-order valence-corrected chi connectivity index (χ0v) is 10.1. The summed E-state index contributed by atoms with van der Waals surface area (Å²) in [6.07, 6.45) is 6.53. The molecule has 5 nitrogen and oxygen atoms in total. The molecule has 1 fully saturated rings. The third-order valence-electron chi connectivity index (χ3n) is 3.31. The number of aromatic nitrogens is 2. The molecular weight excluding hydrogens is 218 g/mol. The Morgan fingerprint density at radius 2 is 2.24 bits per heavy atom. The smallest absolute Gasteiger partial charge is 0.271 e.